The van der Waals surface area contributed by atoms with Gasteiger partial charge in [-0.3, -0.25) is 0 Å². The van der Waals surface area contributed by atoms with Crippen molar-refractivity contribution >= 4 is 17.3 Å². The Morgan fingerprint density at radius 1 is 1.50 bits per heavy atom. The van der Waals surface area contributed by atoms with Gasteiger partial charge in [0.05, 0.1) is 0 Å². The average Bonchev–Trinajstić information content (AvgIpc) is 1.93. The standard InChI is InChI=1S/C9H11ClN2/c10-6-1-2-8(11)7(5-6)9-3-4-12-9/h1-2,5,9,12H,3-4,11H2. The van der Waals surface area contributed by atoms with Gasteiger partial charge in [-0.1, -0.05) is 11.6 Å². The first-order chi connectivity index (χ1) is 5.77. The Morgan fingerprint density at radius 2 is 2.25 bits per heavy atom. The van der Waals surface area contributed by atoms with E-state index in [1.165, 1.54) is 0 Å². The van der Waals surface area contributed by atoms with Crippen LogP contribution in [0.2, 0.25) is 5.02 Å². The van der Waals surface area contributed by atoms with Gasteiger partial charge in [0.15, 0.2) is 0 Å². The van der Waals surface area contributed by atoms with E-state index in [2.05, 4.69) is 5.32 Å². The molecule has 0 saturated carbocycles. The smallest absolute Gasteiger partial charge is 0.0410 e. The van der Waals surface area contributed by atoms with Gasteiger partial charge in [-0.15, -0.1) is 0 Å². The van der Waals surface area contributed by atoms with Crippen LogP contribution in [-0.2, 0) is 0 Å². The van der Waals surface area contributed by atoms with Crippen molar-refractivity contribution in [3.05, 3.63) is 28.8 Å². The maximum Gasteiger partial charge on any atom is 0.0410 e. The highest BCUT2D eigenvalue weighted by Gasteiger charge is 2.20. The van der Waals surface area contributed by atoms with Crippen LogP contribution in [0.5, 0.6) is 0 Å². The molecule has 1 atom stereocenters. The molecule has 1 aliphatic heterocycles. The van der Waals surface area contributed by atoms with Crippen molar-refractivity contribution in [3.8, 4) is 0 Å². The zero-order chi connectivity index (χ0) is 8.55. The Hall–Kier alpha value is -0.730. The van der Waals surface area contributed by atoms with Crippen LogP contribution >= 0.6 is 11.6 Å². The number of hydrogen-bond donors (Lipinski definition) is 2. The number of nitrogens with two attached hydrogens (primary N) is 1. The van der Waals surface area contributed by atoms with Crippen LogP contribution < -0.4 is 11.1 Å². The fourth-order valence-electron chi connectivity index (χ4n) is 1.40. The second-order valence-corrected chi connectivity index (χ2v) is 3.51. The van der Waals surface area contributed by atoms with Crippen molar-refractivity contribution in [2.75, 3.05) is 12.3 Å². The predicted octanol–water partition coefficient (Wildman–Crippen LogP) is 1.96. The van der Waals surface area contributed by atoms with E-state index in [0.29, 0.717) is 6.04 Å². The average molecular weight is 183 g/mol. The first kappa shape index (κ1) is 7.90. The molecular formula is C9H11ClN2. The maximum absolute atomic E-state index is 5.86. The van der Waals surface area contributed by atoms with Crippen LogP contribution in [-0.4, -0.2) is 6.54 Å². The minimum atomic E-state index is 0.420. The first-order valence-corrected chi connectivity index (χ1v) is 4.43. The predicted molar refractivity (Wildman–Crippen MR) is 51.2 cm³/mol. The number of benzene rings is 1. The van der Waals surface area contributed by atoms with Gasteiger partial charge in [0, 0.05) is 16.8 Å². The lowest BCUT2D eigenvalue weighted by molar-refractivity contribution is 0.384. The van der Waals surface area contributed by atoms with Crippen LogP contribution in [0.3, 0.4) is 0 Å². The van der Waals surface area contributed by atoms with Crippen molar-refractivity contribution in [2.45, 2.75) is 12.5 Å². The molecule has 1 aromatic carbocycles. The third-order valence-electron chi connectivity index (χ3n) is 2.25. The monoisotopic (exact) mass is 182 g/mol. The number of anilines is 1. The molecule has 0 aliphatic carbocycles. The van der Waals surface area contributed by atoms with E-state index in [0.717, 1.165) is 29.2 Å². The minimum Gasteiger partial charge on any atom is -0.398 e. The molecule has 3 N–H and O–H groups in total. The Labute approximate surface area is 76.7 Å². The summed E-state index contributed by atoms with van der Waals surface area (Å²) in [6.07, 6.45) is 1.16. The molecule has 2 nitrogen and oxygen atoms in total. The number of halogens is 1. The summed E-state index contributed by atoms with van der Waals surface area (Å²) < 4.78 is 0. The molecule has 0 bridgehead atoms. The Morgan fingerprint density at radius 3 is 2.83 bits per heavy atom. The highest BCUT2D eigenvalue weighted by atomic mass is 35.5. The van der Waals surface area contributed by atoms with Crippen molar-refractivity contribution in [1.82, 2.24) is 5.32 Å². The van der Waals surface area contributed by atoms with Crippen LogP contribution in [0.15, 0.2) is 18.2 Å². The third-order valence-corrected chi connectivity index (χ3v) is 2.48. The summed E-state index contributed by atoms with van der Waals surface area (Å²) in [5.74, 6) is 0. The topological polar surface area (TPSA) is 38.0 Å². The highest BCUT2D eigenvalue weighted by Crippen LogP contribution is 2.29. The van der Waals surface area contributed by atoms with Crippen molar-refractivity contribution in [1.29, 1.82) is 0 Å². The molecule has 1 aliphatic rings. The van der Waals surface area contributed by atoms with Crippen LogP contribution in [0.4, 0.5) is 5.69 Å². The summed E-state index contributed by atoms with van der Waals surface area (Å²) in [5.41, 5.74) is 7.76. The van der Waals surface area contributed by atoms with Crippen LogP contribution in [0, 0.1) is 0 Å². The molecule has 0 radical (unpaired) electrons. The van der Waals surface area contributed by atoms with E-state index < -0.39 is 0 Å². The molecule has 0 amide bonds. The lowest BCUT2D eigenvalue weighted by Crippen LogP contribution is -2.35. The molecule has 1 fully saturated rings. The van der Waals surface area contributed by atoms with E-state index in [9.17, 15) is 0 Å². The molecule has 12 heavy (non-hydrogen) atoms. The highest BCUT2D eigenvalue weighted by molar-refractivity contribution is 6.30. The van der Waals surface area contributed by atoms with Gasteiger partial charge in [-0.25, -0.2) is 0 Å². The van der Waals surface area contributed by atoms with E-state index in [1.54, 1.807) is 0 Å². The van der Waals surface area contributed by atoms with Gasteiger partial charge in [-0.05, 0) is 36.7 Å². The number of nitrogens with one attached hydrogen (secondary N) is 1. The van der Waals surface area contributed by atoms with Gasteiger partial charge in [0.25, 0.3) is 0 Å². The van der Waals surface area contributed by atoms with Crippen LogP contribution in [0.1, 0.15) is 18.0 Å². The SMILES string of the molecule is Nc1ccc(Cl)cc1C1CCN1. The molecular weight excluding hydrogens is 172 g/mol. The number of nitrogen functional groups attached to an aromatic ring is 1. The van der Waals surface area contributed by atoms with Gasteiger partial charge < -0.3 is 11.1 Å². The second-order valence-electron chi connectivity index (χ2n) is 3.07. The Bertz CT molecular complexity index is 295. The minimum absolute atomic E-state index is 0.420. The van der Waals surface area contributed by atoms with Crippen molar-refractivity contribution in [3.63, 3.8) is 0 Å². The van der Waals surface area contributed by atoms with Crippen LogP contribution in [0.25, 0.3) is 0 Å². The molecule has 1 saturated heterocycles. The lowest BCUT2D eigenvalue weighted by atomic mass is 9.97. The molecule has 2 rings (SSSR count). The zero-order valence-corrected chi connectivity index (χ0v) is 7.43. The van der Waals surface area contributed by atoms with Gasteiger partial charge in [0.2, 0.25) is 0 Å². The fraction of sp³-hybridized carbons (Fsp3) is 0.333. The number of hydrogen-bond acceptors (Lipinski definition) is 2. The van der Waals surface area contributed by atoms with E-state index in [-0.39, 0.29) is 0 Å². The van der Waals surface area contributed by atoms with E-state index in [1.807, 2.05) is 18.2 Å². The summed E-state index contributed by atoms with van der Waals surface area (Å²) in [4.78, 5) is 0. The van der Waals surface area contributed by atoms with E-state index in [4.69, 9.17) is 17.3 Å². The third kappa shape index (κ3) is 1.28. The molecule has 3 heteroatoms. The zero-order valence-electron chi connectivity index (χ0n) is 6.68. The van der Waals surface area contributed by atoms with Gasteiger partial charge in [-0.2, -0.15) is 0 Å². The summed E-state index contributed by atoms with van der Waals surface area (Å²) >= 11 is 5.86. The van der Waals surface area contributed by atoms with Gasteiger partial charge >= 0.3 is 0 Å². The quantitative estimate of drug-likeness (QED) is 0.652. The largest absolute Gasteiger partial charge is 0.398 e. The summed E-state index contributed by atoms with van der Waals surface area (Å²) in [6, 6.07) is 6.04. The molecule has 0 spiro atoms. The fourth-order valence-corrected chi connectivity index (χ4v) is 1.58. The molecule has 1 heterocycles. The summed E-state index contributed by atoms with van der Waals surface area (Å²) in [7, 11) is 0. The molecule has 0 aromatic heterocycles. The Kier molecular flexibility index (Phi) is 1.95. The van der Waals surface area contributed by atoms with Crippen molar-refractivity contribution in [2.24, 2.45) is 0 Å². The molecule has 64 valence electrons. The normalized spacial score (nSPS) is 21.9. The maximum atomic E-state index is 5.86. The summed E-state index contributed by atoms with van der Waals surface area (Å²) in [5, 5.41) is 4.05. The van der Waals surface area contributed by atoms with Gasteiger partial charge in [0.1, 0.15) is 0 Å². The lowest BCUT2D eigenvalue weighted by Gasteiger charge is -2.29. The second kappa shape index (κ2) is 2.96. The summed E-state index contributed by atoms with van der Waals surface area (Å²) in [6.45, 7) is 1.08. The van der Waals surface area contributed by atoms with Crippen molar-refractivity contribution < 1.29 is 0 Å². The molecule has 1 unspecified atom stereocenters. The Balaban J connectivity index is 2.34. The molecule has 1 aromatic rings. The number of rotatable bonds is 1. The van der Waals surface area contributed by atoms with E-state index >= 15 is 0 Å². The first-order valence-electron chi connectivity index (χ1n) is 4.05.